The van der Waals surface area contributed by atoms with Crippen molar-refractivity contribution in [2.75, 3.05) is 11.9 Å². The van der Waals surface area contributed by atoms with Crippen LogP contribution in [-0.4, -0.2) is 44.8 Å². The van der Waals surface area contributed by atoms with Crippen LogP contribution in [0.15, 0.2) is 60.7 Å². The first kappa shape index (κ1) is 23.4. The smallest absolute Gasteiger partial charge is 0.255 e. The normalized spacial score (nSPS) is 15.8. The zero-order valence-corrected chi connectivity index (χ0v) is 19.3. The molecule has 3 aromatic rings. The van der Waals surface area contributed by atoms with Crippen molar-refractivity contribution >= 4 is 34.2 Å². The molecule has 0 bridgehead atoms. The fourth-order valence-corrected chi connectivity index (χ4v) is 3.74. The quantitative estimate of drug-likeness (QED) is 0.511. The Hall–Kier alpha value is -3.78. The zero-order chi connectivity index (χ0) is 24.5. The van der Waals surface area contributed by atoms with E-state index in [0.29, 0.717) is 23.2 Å². The van der Waals surface area contributed by atoms with Crippen LogP contribution < -0.4 is 10.6 Å². The molecule has 4 rings (SSSR count). The second-order valence-electron chi connectivity index (χ2n) is 8.97. The maximum atomic E-state index is 13.5. The van der Waals surface area contributed by atoms with Crippen LogP contribution in [0.4, 0.5) is 10.1 Å². The van der Waals surface area contributed by atoms with Crippen molar-refractivity contribution in [3.8, 4) is 0 Å². The third kappa shape index (κ3) is 4.92. The van der Waals surface area contributed by atoms with Gasteiger partial charge in [-0.25, -0.2) is 9.37 Å². The number of imidazole rings is 1. The van der Waals surface area contributed by atoms with Gasteiger partial charge in [-0.2, -0.15) is 0 Å². The Morgan fingerprint density at radius 3 is 2.50 bits per heavy atom. The third-order valence-electron chi connectivity index (χ3n) is 5.62. The molecule has 1 aromatic heterocycles. The van der Waals surface area contributed by atoms with Crippen LogP contribution in [0, 0.1) is 6.92 Å². The molecule has 7 nitrogen and oxygen atoms in total. The number of hydrogen-bond acceptors (Lipinski definition) is 4. The number of carbonyl (C=O) groups excluding carboxylic acids is 2. The minimum atomic E-state index is -0.987. The van der Waals surface area contributed by atoms with Gasteiger partial charge in [0.2, 0.25) is 0 Å². The summed E-state index contributed by atoms with van der Waals surface area (Å²) in [5, 5.41) is 14.9. The second kappa shape index (κ2) is 9.23. The maximum Gasteiger partial charge on any atom is 0.255 e. The molecule has 3 N–H and O–H groups in total. The molecule has 1 aliphatic carbocycles. The maximum absolute atomic E-state index is 13.5. The Balaban J connectivity index is 1.53. The van der Waals surface area contributed by atoms with Gasteiger partial charge in [-0.05, 0) is 75.4 Å². The van der Waals surface area contributed by atoms with Crippen molar-refractivity contribution in [3.05, 3.63) is 77.6 Å². The lowest BCUT2D eigenvalue weighted by atomic mass is 10.1. The predicted molar refractivity (Wildman–Crippen MR) is 130 cm³/mol. The number of nitrogens with one attached hydrogen (secondary N) is 2. The fraction of sp³-hybridized carbons (Fsp3) is 0.269. The average molecular weight is 463 g/mol. The van der Waals surface area contributed by atoms with E-state index in [4.69, 9.17) is 0 Å². The highest BCUT2D eigenvalue weighted by Crippen LogP contribution is 2.26. The van der Waals surface area contributed by atoms with Gasteiger partial charge in [0.05, 0.1) is 23.2 Å². The lowest BCUT2D eigenvalue weighted by Gasteiger charge is -2.23. The summed E-state index contributed by atoms with van der Waals surface area (Å²) < 4.78 is 15.4. The number of aliphatic hydroxyl groups excluding tert-OH is 1. The van der Waals surface area contributed by atoms with Crippen LogP contribution in [0.2, 0.25) is 0 Å². The molecule has 0 saturated heterocycles. The van der Waals surface area contributed by atoms with E-state index >= 15 is 0 Å². The highest BCUT2D eigenvalue weighted by molar-refractivity contribution is 6.06. The lowest BCUT2D eigenvalue weighted by Crippen LogP contribution is -2.46. The van der Waals surface area contributed by atoms with E-state index in [1.54, 1.807) is 62.4 Å². The number of amides is 2. The number of rotatable bonds is 6. The number of halogens is 1. The van der Waals surface area contributed by atoms with Crippen molar-refractivity contribution in [1.29, 1.82) is 0 Å². The van der Waals surface area contributed by atoms with E-state index in [1.165, 1.54) is 6.08 Å². The van der Waals surface area contributed by atoms with E-state index in [0.717, 1.165) is 22.6 Å². The highest BCUT2D eigenvalue weighted by atomic mass is 19.1. The molecule has 1 aliphatic rings. The van der Waals surface area contributed by atoms with E-state index in [-0.39, 0.29) is 18.4 Å². The van der Waals surface area contributed by atoms with Crippen LogP contribution in [0.1, 0.15) is 46.8 Å². The summed E-state index contributed by atoms with van der Waals surface area (Å²) in [5.74, 6) is 0.137. The monoisotopic (exact) mass is 462 g/mol. The van der Waals surface area contributed by atoms with Gasteiger partial charge in [0, 0.05) is 28.9 Å². The predicted octanol–water partition coefficient (Wildman–Crippen LogP) is 4.24. The SMILES string of the molecule is Cc1nc2ccc(C(=O)Nc3ccc(C(=O)NC(C)(C)CO)cc3)cc2n1C1=CCC(F)C=C1. The van der Waals surface area contributed by atoms with Gasteiger partial charge < -0.3 is 15.7 Å². The summed E-state index contributed by atoms with van der Waals surface area (Å²) >= 11 is 0. The number of hydrogen-bond donors (Lipinski definition) is 3. The number of aromatic nitrogens is 2. The minimum Gasteiger partial charge on any atom is -0.394 e. The summed E-state index contributed by atoms with van der Waals surface area (Å²) in [5.41, 5.74) is 3.01. The van der Waals surface area contributed by atoms with Crippen LogP contribution in [0.3, 0.4) is 0 Å². The molecule has 2 amide bonds. The number of nitrogens with zero attached hydrogens (tertiary/aromatic N) is 2. The zero-order valence-electron chi connectivity index (χ0n) is 19.3. The topological polar surface area (TPSA) is 96.2 Å². The molecule has 176 valence electrons. The Labute approximate surface area is 197 Å². The van der Waals surface area contributed by atoms with Gasteiger partial charge in [0.1, 0.15) is 12.0 Å². The van der Waals surface area contributed by atoms with Crippen molar-refractivity contribution in [1.82, 2.24) is 14.9 Å². The number of alkyl halides is 1. The number of allylic oxidation sites excluding steroid dienone is 4. The molecule has 2 aromatic carbocycles. The average Bonchev–Trinajstić information content (AvgIpc) is 3.14. The molecular formula is C26H27FN4O3. The first-order valence-corrected chi connectivity index (χ1v) is 11.0. The number of benzene rings is 2. The Kier molecular flexibility index (Phi) is 6.34. The van der Waals surface area contributed by atoms with Gasteiger partial charge >= 0.3 is 0 Å². The third-order valence-corrected chi connectivity index (χ3v) is 5.62. The molecule has 0 spiro atoms. The van der Waals surface area contributed by atoms with Crippen molar-refractivity contribution < 1.29 is 19.1 Å². The standard InChI is InChI=1S/C26H27FN4O3/c1-16-28-22-13-6-18(14-23(22)31(16)21-11-7-19(27)8-12-21)24(33)29-20-9-4-17(5-10-20)25(34)30-26(2,3)15-32/h4-7,9-14,19,32H,8,15H2,1-3H3,(H,29,33)(H,30,34). The van der Waals surface area contributed by atoms with E-state index in [9.17, 15) is 19.1 Å². The molecular weight excluding hydrogens is 435 g/mol. The van der Waals surface area contributed by atoms with Gasteiger partial charge in [-0.15, -0.1) is 0 Å². The summed E-state index contributed by atoms with van der Waals surface area (Å²) in [7, 11) is 0. The lowest BCUT2D eigenvalue weighted by molar-refractivity contribution is 0.0869. The number of aliphatic hydroxyl groups is 1. The Bertz CT molecular complexity index is 1310. The number of carbonyl (C=O) groups is 2. The molecule has 0 radical (unpaired) electrons. The highest BCUT2D eigenvalue weighted by Gasteiger charge is 2.20. The number of anilines is 1. The molecule has 0 aliphatic heterocycles. The molecule has 8 heteroatoms. The first-order chi connectivity index (χ1) is 16.2. The summed E-state index contributed by atoms with van der Waals surface area (Å²) in [6.45, 7) is 5.14. The molecule has 34 heavy (non-hydrogen) atoms. The number of fused-ring (bicyclic) bond motifs is 1. The van der Waals surface area contributed by atoms with Crippen LogP contribution in [0.25, 0.3) is 16.7 Å². The van der Waals surface area contributed by atoms with E-state index < -0.39 is 11.7 Å². The molecule has 0 fully saturated rings. The minimum absolute atomic E-state index is 0.181. The van der Waals surface area contributed by atoms with Crippen LogP contribution in [-0.2, 0) is 0 Å². The van der Waals surface area contributed by atoms with E-state index in [2.05, 4.69) is 15.6 Å². The fourth-order valence-electron chi connectivity index (χ4n) is 3.74. The van der Waals surface area contributed by atoms with Crippen LogP contribution >= 0.6 is 0 Å². The molecule has 1 heterocycles. The molecule has 1 atom stereocenters. The van der Waals surface area contributed by atoms with Crippen molar-refractivity contribution in [2.45, 2.75) is 38.9 Å². The Morgan fingerprint density at radius 2 is 1.85 bits per heavy atom. The molecule has 0 saturated carbocycles. The first-order valence-electron chi connectivity index (χ1n) is 11.0. The van der Waals surface area contributed by atoms with Gasteiger partial charge in [-0.3, -0.25) is 14.2 Å². The van der Waals surface area contributed by atoms with Crippen molar-refractivity contribution in [3.63, 3.8) is 0 Å². The van der Waals surface area contributed by atoms with E-state index in [1.807, 2.05) is 17.6 Å². The van der Waals surface area contributed by atoms with Crippen molar-refractivity contribution in [2.24, 2.45) is 0 Å². The summed E-state index contributed by atoms with van der Waals surface area (Å²) in [4.78, 5) is 29.8. The van der Waals surface area contributed by atoms with Crippen LogP contribution in [0.5, 0.6) is 0 Å². The summed E-state index contributed by atoms with van der Waals surface area (Å²) in [6, 6.07) is 11.8. The second-order valence-corrected chi connectivity index (χ2v) is 8.97. The largest absolute Gasteiger partial charge is 0.394 e. The van der Waals surface area contributed by atoms with Gasteiger partial charge in [0.25, 0.3) is 11.8 Å². The summed E-state index contributed by atoms with van der Waals surface area (Å²) in [6.07, 6.45) is 4.39. The van der Waals surface area contributed by atoms with Gasteiger partial charge in [-0.1, -0.05) is 6.08 Å². The van der Waals surface area contributed by atoms with Gasteiger partial charge in [0.15, 0.2) is 0 Å². The number of aryl methyl sites for hydroxylation is 1. The molecule has 1 unspecified atom stereocenters. The Morgan fingerprint density at radius 1 is 1.15 bits per heavy atom.